The molecular formula is C12H18N2O2. The summed E-state index contributed by atoms with van der Waals surface area (Å²) in [7, 11) is 0. The minimum absolute atomic E-state index is 0.0270. The molecule has 88 valence electrons. The van der Waals surface area contributed by atoms with E-state index < -0.39 is 0 Å². The molecule has 1 aromatic heterocycles. The summed E-state index contributed by atoms with van der Waals surface area (Å²) in [5.41, 5.74) is 6.26. The van der Waals surface area contributed by atoms with E-state index in [1.807, 2.05) is 13.8 Å². The van der Waals surface area contributed by atoms with Crippen molar-refractivity contribution in [2.75, 3.05) is 13.2 Å². The van der Waals surface area contributed by atoms with Crippen LogP contribution < -0.4 is 16.0 Å². The Morgan fingerprint density at radius 3 is 2.94 bits per heavy atom. The van der Waals surface area contributed by atoms with E-state index in [-0.39, 0.29) is 11.6 Å². The van der Waals surface area contributed by atoms with Gasteiger partial charge in [-0.2, -0.15) is 0 Å². The molecule has 0 aromatic carbocycles. The molecule has 1 atom stereocenters. The lowest BCUT2D eigenvalue weighted by atomic mass is 10.3. The molecule has 16 heavy (non-hydrogen) atoms. The fourth-order valence-corrected chi connectivity index (χ4v) is 1.26. The third-order valence-corrected chi connectivity index (χ3v) is 2.23. The number of pyridine rings is 1. The minimum Gasteiger partial charge on any atom is -0.484 e. The maximum atomic E-state index is 11.9. The minimum atomic E-state index is -0.151. The first-order valence-electron chi connectivity index (χ1n) is 5.24. The van der Waals surface area contributed by atoms with E-state index in [9.17, 15) is 4.79 Å². The Hall–Kier alpha value is -1.55. The molecule has 0 aliphatic rings. The highest BCUT2D eigenvalue weighted by molar-refractivity contribution is 5.18. The summed E-state index contributed by atoms with van der Waals surface area (Å²) < 4.78 is 6.94. The molecule has 1 unspecified atom stereocenters. The van der Waals surface area contributed by atoms with Gasteiger partial charge in [-0.15, -0.1) is 0 Å². The van der Waals surface area contributed by atoms with Gasteiger partial charge in [-0.1, -0.05) is 6.58 Å². The van der Waals surface area contributed by atoms with Crippen molar-refractivity contribution in [1.82, 2.24) is 4.57 Å². The first kappa shape index (κ1) is 12.5. The Labute approximate surface area is 95.3 Å². The van der Waals surface area contributed by atoms with Crippen LogP contribution in [0.2, 0.25) is 0 Å². The molecule has 4 heteroatoms. The zero-order valence-corrected chi connectivity index (χ0v) is 9.77. The van der Waals surface area contributed by atoms with Crippen LogP contribution in [-0.4, -0.2) is 17.7 Å². The van der Waals surface area contributed by atoms with E-state index in [0.29, 0.717) is 18.9 Å². The zero-order valence-electron chi connectivity index (χ0n) is 9.77. The van der Waals surface area contributed by atoms with Crippen LogP contribution in [-0.2, 0) is 0 Å². The molecule has 1 rings (SSSR count). The molecule has 0 radical (unpaired) electrons. The summed E-state index contributed by atoms with van der Waals surface area (Å²) >= 11 is 0. The fourth-order valence-electron chi connectivity index (χ4n) is 1.26. The molecule has 0 bridgehead atoms. The number of nitrogens with zero attached hydrogens (tertiary/aromatic N) is 1. The highest BCUT2D eigenvalue weighted by Crippen LogP contribution is 2.07. The van der Waals surface area contributed by atoms with Crippen LogP contribution in [0.4, 0.5) is 0 Å². The van der Waals surface area contributed by atoms with Crippen molar-refractivity contribution >= 4 is 0 Å². The van der Waals surface area contributed by atoms with E-state index in [2.05, 4.69) is 6.58 Å². The molecule has 0 saturated heterocycles. The van der Waals surface area contributed by atoms with Crippen LogP contribution in [0.1, 0.15) is 19.9 Å². The maximum Gasteiger partial charge on any atom is 0.293 e. The quantitative estimate of drug-likeness (QED) is 0.764. The predicted octanol–water partition coefficient (Wildman–Crippen LogP) is 1.32. The van der Waals surface area contributed by atoms with Crippen LogP contribution in [0.3, 0.4) is 0 Å². The number of hydrogen-bond donors (Lipinski definition) is 1. The number of aromatic nitrogens is 1. The highest BCUT2D eigenvalue weighted by atomic mass is 16.5. The van der Waals surface area contributed by atoms with Crippen molar-refractivity contribution in [3.63, 3.8) is 0 Å². The standard InChI is InChI=1S/C12H18N2O2/c1-9(2)8-16-11-5-4-6-14(12(11)15)10(3)7-13/h4-6,10H,1,7-8,13H2,2-3H3. The lowest BCUT2D eigenvalue weighted by Gasteiger charge is -2.14. The van der Waals surface area contributed by atoms with Crippen LogP contribution >= 0.6 is 0 Å². The van der Waals surface area contributed by atoms with Crippen LogP contribution in [0.5, 0.6) is 5.75 Å². The summed E-state index contributed by atoms with van der Waals surface area (Å²) in [5.74, 6) is 0.339. The Morgan fingerprint density at radius 2 is 2.38 bits per heavy atom. The molecule has 0 amide bonds. The van der Waals surface area contributed by atoms with Gasteiger partial charge in [-0.3, -0.25) is 4.79 Å². The summed E-state index contributed by atoms with van der Waals surface area (Å²) in [6.07, 6.45) is 1.72. The van der Waals surface area contributed by atoms with Crippen LogP contribution in [0.25, 0.3) is 0 Å². The molecule has 0 aliphatic heterocycles. The number of nitrogens with two attached hydrogens (primary N) is 1. The predicted molar refractivity (Wildman–Crippen MR) is 64.8 cm³/mol. The van der Waals surface area contributed by atoms with Crippen molar-refractivity contribution in [2.45, 2.75) is 19.9 Å². The molecule has 1 heterocycles. The smallest absolute Gasteiger partial charge is 0.293 e. The van der Waals surface area contributed by atoms with E-state index >= 15 is 0 Å². The van der Waals surface area contributed by atoms with Crippen molar-refractivity contribution < 1.29 is 4.74 Å². The molecule has 4 nitrogen and oxygen atoms in total. The van der Waals surface area contributed by atoms with Crippen molar-refractivity contribution in [3.05, 3.63) is 40.8 Å². The largest absolute Gasteiger partial charge is 0.484 e. The van der Waals surface area contributed by atoms with Crippen molar-refractivity contribution in [1.29, 1.82) is 0 Å². The van der Waals surface area contributed by atoms with Crippen molar-refractivity contribution in [2.24, 2.45) is 5.73 Å². The normalized spacial score (nSPS) is 12.2. The van der Waals surface area contributed by atoms with E-state index in [1.54, 1.807) is 22.9 Å². The lowest BCUT2D eigenvalue weighted by molar-refractivity contribution is 0.341. The first-order chi connectivity index (χ1) is 7.56. The second-order valence-corrected chi connectivity index (χ2v) is 3.92. The molecular weight excluding hydrogens is 204 g/mol. The number of ether oxygens (including phenoxy) is 1. The van der Waals surface area contributed by atoms with Gasteiger partial charge in [-0.05, 0) is 31.6 Å². The summed E-state index contributed by atoms with van der Waals surface area (Å²) in [6.45, 7) is 8.24. The summed E-state index contributed by atoms with van der Waals surface area (Å²) in [4.78, 5) is 11.9. The average molecular weight is 222 g/mol. The van der Waals surface area contributed by atoms with Gasteiger partial charge >= 0.3 is 0 Å². The molecule has 0 aliphatic carbocycles. The van der Waals surface area contributed by atoms with E-state index in [4.69, 9.17) is 10.5 Å². The highest BCUT2D eigenvalue weighted by Gasteiger charge is 2.08. The Bertz CT molecular complexity index is 423. The van der Waals surface area contributed by atoms with Gasteiger partial charge in [0.15, 0.2) is 5.75 Å². The van der Waals surface area contributed by atoms with Crippen LogP contribution in [0.15, 0.2) is 35.3 Å². The fraction of sp³-hybridized carbons (Fsp3) is 0.417. The van der Waals surface area contributed by atoms with E-state index in [1.165, 1.54) is 0 Å². The van der Waals surface area contributed by atoms with Gasteiger partial charge in [0.05, 0.1) is 0 Å². The lowest BCUT2D eigenvalue weighted by Crippen LogP contribution is -2.28. The maximum absolute atomic E-state index is 11.9. The third-order valence-electron chi connectivity index (χ3n) is 2.23. The number of rotatable bonds is 5. The molecule has 0 fully saturated rings. The topological polar surface area (TPSA) is 57.2 Å². The van der Waals surface area contributed by atoms with Gasteiger partial charge < -0.3 is 15.0 Å². The molecule has 1 aromatic rings. The SMILES string of the molecule is C=C(C)COc1cccn(C(C)CN)c1=O. The Morgan fingerprint density at radius 1 is 1.69 bits per heavy atom. The first-order valence-corrected chi connectivity index (χ1v) is 5.24. The van der Waals surface area contributed by atoms with Gasteiger partial charge in [0.25, 0.3) is 5.56 Å². The monoisotopic (exact) mass is 222 g/mol. The molecule has 2 N–H and O–H groups in total. The zero-order chi connectivity index (χ0) is 12.1. The Balaban J connectivity index is 2.95. The van der Waals surface area contributed by atoms with Crippen molar-refractivity contribution in [3.8, 4) is 5.75 Å². The van der Waals surface area contributed by atoms with Gasteiger partial charge in [-0.25, -0.2) is 0 Å². The molecule has 0 spiro atoms. The Kier molecular flexibility index (Phi) is 4.31. The number of hydrogen-bond acceptors (Lipinski definition) is 3. The summed E-state index contributed by atoms with van der Waals surface area (Å²) in [6, 6.07) is 3.41. The van der Waals surface area contributed by atoms with Gasteiger partial charge in [0.2, 0.25) is 0 Å². The second kappa shape index (κ2) is 5.51. The second-order valence-electron chi connectivity index (χ2n) is 3.92. The van der Waals surface area contributed by atoms with E-state index in [0.717, 1.165) is 5.57 Å². The van der Waals surface area contributed by atoms with Gasteiger partial charge in [0.1, 0.15) is 6.61 Å². The molecule has 0 saturated carbocycles. The average Bonchev–Trinajstić information content (AvgIpc) is 2.26. The summed E-state index contributed by atoms with van der Waals surface area (Å²) in [5, 5.41) is 0. The van der Waals surface area contributed by atoms with Crippen LogP contribution in [0, 0.1) is 0 Å². The van der Waals surface area contributed by atoms with Gasteiger partial charge in [0, 0.05) is 18.8 Å². The third kappa shape index (κ3) is 2.97.